The summed E-state index contributed by atoms with van der Waals surface area (Å²) in [5, 5.41) is 3.62. The van der Waals surface area contributed by atoms with Crippen LogP contribution in [-0.2, 0) is 22.7 Å². The van der Waals surface area contributed by atoms with Crippen LogP contribution >= 0.6 is 11.6 Å². The summed E-state index contributed by atoms with van der Waals surface area (Å²) in [6, 6.07) is 11.7. The van der Waals surface area contributed by atoms with E-state index in [2.05, 4.69) is 5.10 Å². The largest absolute Gasteiger partial charge is 0.417 e. The third kappa shape index (κ3) is 4.21. The smallest absolute Gasteiger partial charge is 0.241 e. The molecule has 0 aliphatic carbocycles. The van der Waals surface area contributed by atoms with E-state index in [9.17, 15) is 21.6 Å². The Hall–Kier alpha value is -2.36. The molecule has 28 heavy (non-hydrogen) atoms. The minimum atomic E-state index is -4.75. The molecule has 0 N–H and O–H groups in total. The van der Waals surface area contributed by atoms with Crippen LogP contribution in [0.5, 0.6) is 0 Å². The molecule has 2 aromatic carbocycles. The number of nitrogens with zero attached hydrogens (tertiary/aromatic N) is 3. The van der Waals surface area contributed by atoms with E-state index >= 15 is 0 Å². The minimum Gasteiger partial charge on any atom is -0.241 e. The first-order valence-corrected chi connectivity index (χ1v) is 9.83. The molecule has 0 aliphatic rings. The standard InChI is InChI=1S/C18H15ClF3N3O2S/c1-24(11-13-10-23-25(12-13)14-5-3-2-4-6-14)28(26,27)15-7-8-17(19)16(9-15)18(20,21)22/h2-10,12H,11H2,1H3. The van der Waals surface area contributed by atoms with Crippen molar-refractivity contribution in [3.63, 3.8) is 0 Å². The van der Waals surface area contributed by atoms with Crippen LogP contribution in [-0.4, -0.2) is 29.6 Å². The summed E-state index contributed by atoms with van der Waals surface area (Å²) in [5.74, 6) is 0. The highest BCUT2D eigenvalue weighted by Gasteiger charge is 2.35. The normalized spacial score (nSPS) is 12.5. The Balaban J connectivity index is 1.84. The molecule has 0 fully saturated rings. The molecular weight excluding hydrogens is 415 g/mol. The fourth-order valence-electron chi connectivity index (χ4n) is 2.57. The molecule has 3 rings (SSSR count). The second kappa shape index (κ2) is 7.57. The van der Waals surface area contributed by atoms with Gasteiger partial charge in [-0.15, -0.1) is 0 Å². The summed E-state index contributed by atoms with van der Waals surface area (Å²) in [6.45, 7) is -0.0564. The zero-order valence-corrected chi connectivity index (χ0v) is 16.1. The number of sulfonamides is 1. The Morgan fingerprint density at radius 3 is 2.46 bits per heavy atom. The highest BCUT2D eigenvalue weighted by atomic mass is 35.5. The fraction of sp³-hybridized carbons (Fsp3) is 0.167. The van der Waals surface area contributed by atoms with Crippen molar-refractivity contribution in [1.29, 1.82) is 0 Å². The van der Waals surface area contributed by atoms with Crippen molar-refractivity contribution in [2.75, 3.05) is 7.05 Å². The average Bonchev–Trinajstić information content (AvgIpc) is 3.10. The minimum absolute atomic E-state index is 0.0564. The Morgan fingerprint density at radius 2 is 1.82 bits per heavy atom. The molecule has 0 spiro atoms. The van der Waals surface area contributed by atoms with Gasteiger partial charge in [0.05, 0.1) is 27.4 Å². The lowest BCUT2D eigenvalue weighted by atomic mass is 10.2. The van der Waals surface area contributed by atoms with Crippen LogP contribution in [0.1, 0.15) is 11.1 Å². The molecule has 0 aliphatic heterocycles. The molecule has 10 heteroatoms. The van der Waals surface area contributed by atoms with Crippen molar-refractivity contribution in [2.45, 2.75) is 17.6 Å². The Labute approximate surface area is 165 Å². The van der Waals surface area contributed by atoms with E-state index < -0.39 is 31.7 Å². The molecule has 1 heterocycles. The molecule has 0 saturated carbocycles. The summed E-state index contributed by atoms with van der Waals surface area (Å²) in [7, 11) is -2.87. The van der Waals surface area contributed by atoms with Crippen LogP contribution in [0.3, 0.4) is 0 Å². The number of benzene rings is 2. The topological polar surface area (TPSA) is 55.2 Å². The van der Waals surface area contributed by atoms with E-state index in [1.54, 1.807) is 10.9 Å². The molecule has 0 radical (unpaired) electrons. The zero-order valence-electron chi connectivity index (χ0n) is 14.6. The van der Waals surface area contributed by atoms with Crippen molar-refractivity contribution < 1.29 is 21.6 Å². The SMILES string of the molecule is CN(Cc1cnn(-c2ccccc2)c1)S(=O)(=O)c1ccc(Cl)c(C(F)(F)F)c1. The fourth-order valence-corrected chi connectivity index (χ4v) is 3.98. The van der Waals surface area contributed by atoms with E-state index in [0.717, 1.165) is 22.1 Å². The number of para-hydroxylation sites is 1. The van der Waals surface area contributed by atoms with E-state index in [-0.39, 0.29) is 6.54 Å². The van der Waals surface area contributed by atoms with Crippen LogP contribution in [0.2, 0.25) is 5.02 Å². The molecule has 0 atom stereocenters. The number of rotatable bonds is 5. The number of halogens is 4. The molecule has 5 nitrogen and oxygen atoms in total. The summed E-state index contributed by atoms with van der Waals surface area (Å²) in [4.78, 5) is -0.484. The van der Waals surface area contributed by atoms with Crippen molar-refractivity contribution in [3.05, 3.63) is 77.1 Å². The maximum atomic E-state index is 13.0. The lowest BCUT2D eigenvalue weighted by Crippen LogP contribution is -2.26. The van der Waals surface area contributed by atoms with Crippen molar-refractivity contribution in [1.82, 2.24) is 14.1 Å². The summed E-state index contributed by atoms with van der Waals surface area (Å²) in [5.41, 5.74) is 0.187. The predicted octanol–water partition coefficient (Wildman–Crippen LogP) is 4.37. The quantitative estimate of drug-likeness (QED) is 0.605. The Morgan fingerprint density at radius 1 is 1.14 bits per heavy atom. The van der Waals surface area contributed by atoms with Gasteiger partial charge in [0.1, 0.15) is 0 Å². The van der Waals surface area contributed by atoms with Gasteiger partial charge in [-0.1, -0.05) is 29.8 Å². The summed E-state index contributed by atoms with van der Waals surface area (Å²) < 4.78 is 67.0. The molecule has 148 valence electrons. The van der Waals surface area contributed by atoms with E-state index in [4.69, 9.17) is 11.6 Å². The number of hydrogen-bond acceptors (Lipinski definition) is 3. The molecule has 0 bridgehead atoms. The third-order valence-electron chi connectivity index (χ3n) is 4.01. The second-order valence-corrected chi connectivity index (χ2v) is 8.48. The van der Waals surface area contributed by atoms with Gasteiger partial charge in [0.2, 0.25) is 10.0 Å². The van der Waals surface area contributed by atoms with Gasteiger partial charge in [-0.05, 0) is 30.3 Å². The lowest BCUT2D eigenvalue weighted by molar-refractivity contribution is -0.137. The van der Waals surface area contributed by atoms with E-state index in [1.165, 1.54) is 13.2 Å². The van der Waals surface area contributed by atoms with Crippen molar-refractivity contribution in [2.24, 2.45) is 0 Å². The van der Waals surface area contributed by atoms with Gasteiger partial charge < -0.3 is 0 Å². The van der Waals surface area contributed by atoms with Gasteiger partial charge in [0, 0.05) is 25.4 Å². The van der Waals surface area contributed by atoms with Gasteiger partial charge in [-0.25, -0.2) is 13.1 Å². The highest BCUT2D eigenvalue weighted by molar-refractivity contribution is 7.89. The highest BCUT2D eigenvalue weighted by Crippen LogP contribution is 2.36. The molecule has 1 aromatic heterocycles. The van der Waals surface area contributed by atoms with Gasteiger partial charge in [-0.2, -0.15) is 22.6 Å². The van der Waals surface area contributed by atoms with Crippen LogP contribution in [0, 0.1) is 0 Å². The van der Waals surface area contributed by atoms with Gasteiger partial charge in [-0.3, -0.25) is 0 Å². The van der Waals surface area contributed by atoms with Crippen LogP contribution in [0.4, 0.5) is 13.2 Å². The first kappa shape index (κ1) is 20.4. The first-order chi connectivity index (χ1) is 13.1. The van der Waals surface area contributed by atoms with Crippen LogP contribution in [0.25, 0.3) is 5.69 Å². The molecular formula is C18H15ClF3N3O2S. The second-order valence-electron chi connectivity index (χ2n) is 6.03. The first-order valence-electron chi connectivity index (χ1n) is 8.01. The predicted molar refractivity (Wildman–Crippen MR) is 98.7 cm³/mol. The van der Waals surface area contributed by atoms with Crippen molar-refractivity contribution in [3.8, 4) is 5.69 Å². The van der Waals surface area contributed by atoms with E-state index in [0.29, 0.717) is 11.6 Å². The lowest BCUT2D eigenvalue weighted by Gasteiger charge is -2.18. The monoisotopic (exact) mass is 429 g/mol. The van der Waals surface area contributed by atoms with Crippen LogP contribution in [0.15, 0.2) is 65.8 Å². The third-order valence-corrected chi connectivity index (χ3v) is 6.14. The molecule has 0 saturated heterocycles. The number of hydrogen-bond donors (Lipinski definition) is 0. The number of alkyl halides is 3. The maximum absolute atomic E-state index is 13.0. The van der Waals surface area contributed by atoms with Gasteiger partial charge >= 0.3 is 6.18 Å². The summed E-state index contributed by atoms with van der Waals surface area (Å²) >= 11 is 5.56. The maximum Gasteiger partial charge on any atom is 0.417 e. The Kier molecular flexibility index (Phi) is 5.51. The van der Waals surface area contributed by atoms with Gasteiger partial charge in [0.25, 0.3) is 0 Å². The van der Waals surface area contributed by atoms with Crippen LogP contribution < -0.4 is 0 Å². The molecule has 0 amide bonds. The van der Waals surface area contributed by atoms with Crippen molar-refractivity contribution >= 4 is 21.6 Å². The van der Waals surface area contributed by atoms with Gasteiger partial charge in [0.15, 0.2) is 0 Å². The average molecular weight is 430 g/mol. The summed E-state index contributed by atoms with van der Waals surface area (Å²) in [6.07, 6.45) is -1.59. The van der Waals surface area contributed by atoms with E-state index in [1.807, 2.05) is 30.3 Å². The molecule has 0 unspecified atom stereocenters. The molecule has 3 aromatic rings. The Bertz CT molecular complexity index is 1080. The number of aromatic nitrogens is 2. The zero-order chi connectivity index (χ0) is 20.5.